The van der Waals surface area contributed by atoms with Gasteiger partial charge < -0.3 is 15.4 Å². The normalized spacial score (nSPS) is 16.4. The lowest BCUT2D eigenvalue weighted by atomic mass is 9.92. The van der Waals surface area contributed by atoms with Crippen LogP contribution in [0.3, 0.4) is 0 Å². The summed E-state index contributed by atoms with van der Waals surface area (Å²) in [5, 5.41) is 6.42. The number of aromatic nitrogens is 2. The molecule has 0 spiro atoms. The smallest absolute Gasteiger partial charge is 0.274 e. The van der Waals surface area contributed by atoms with Crippen molar-refractivity contribution in [1.29, 1.82) is 0 Å². The van der Waals surface area contributed by atoms with Crippen molar-refractivity contribution in [3.8, 4) is 0 Å². The first-order chi connectivity index (χ1) is 13.8. The Hall–Kier alpha value is -2.47. The maximum atomic E-state index is 13.1. The number of carbonyl (C=O) groups excluding carboxylic acids is 1. The molecule has 0 aliphatic carbocycles. The van der Waals surface area contributed by atoms with Crippen molar-refractivity contribution in [2.24, 2.45) is 0 Å². The molecule has 1 aliphatic rings. The summed E-state index contributed by atoms with van der Waals surface area (Å²) in [5.41, 5.74) is 3.52. The Kier molecular flexibility index (Phi) is 6.85. The fourth-order valence-corrected chi connectivity index (χ4v) is 3.67. The molecule has 1 atom stereocenters. The molecule has 2 N–H and O–H groups in total. The van der Waals surface area contributed by atoms with Gasteiger partial charge in [-0.05, 0) is 42.7 Å². The maximum absolute atomic E-state index is 13.1. The van der Waals surface area contributed by atoms with Gasteiger partial charge in [0.15, 0.2) is 0 Å². The summed E-state index contributed by atoms with van der Waals surface area (Å²) in [5.74, 6) is 1.61. The molecular weight excluding hydrogens is 364 g/mol. The van der Waals surface area contributed by atoms with E-state index in [1.165, 1.54) is 0 Å². The quantitative estimate of drug-likeness (QED) is 0.698. The highest BCUT2D eigenvalue weighted by Gasteiger charge is 2.19. The first kappa shape index (κ1) is 21.2. The van der Waals surface area contributed by atoms with E-state index < -0.39 is 0 Å². The van der Waals surface area contributed by atoms with E-state index in [1.807, 2.05) is 0 Å². The van der Waals surface area contributed by atoms with Crippen LogP contribution in [0.15, 0.2) is 24.3 Å². The lowest BCUT2D eigenvalue weighted by Crippen LogP contribution is -2.21. The number of para-hydroxylation sites is 1. The highest BCUT2D eigenvalue weighted by molar-refractivity contribution is 6.04. The van der Waals surface area contributed by atoms with Gasteiger partial charge in [0.25, 0.3) is 5.91 Å². The molecular formula is C23H32N4O2. The number of hydrogen-bond acceptors (Lipinski definition) is 5. The number of anilines is 2. The topological polar surface area (TPSA) is 76.1 Å². The monoisotopic (exact) mass is 396 g/mol. The van der Waals surface area contributed by atoms with Crippen molar-refractivity contribution in [2.75, 3.05) is 23.8 Å². The predicted octanol–water partition coefficient (Wildman–Crippen LogP) is 4.88. The highest BCUT2D eigenvalue weighted by atomic mass is 16.5. The number of aryl methyl sites for hydroxylation is 1. The standard InChI is InChI=1S/C23H32N4O2/c1-14(2)18-9-6-10-19(15(3)4)22(18)27-23(28)20-12-21(26-16(5)25-20)24-13-17-8-7-11-29-17/h6,9-10,12,14-15,17H,7-8,11,13H2,1-5H3,(H,27,28)(H,24,25,26). The second kappa shape index (κ2) is 9.35. The first-order valence-electron chi connectivity index (χ1n) is 10.5. The average molecular weight is 397 g/mol. The molecule has 1 aromatic carbocycles. The number of ether oxygens (including phenoxy) is 1. The van der Waals surface area contributed by atoms with E-state index in [1.54, 1.807) is 13.0 Å². The van der Waals surface area contributed by atoms with Crippen LogP contribution in [0, 0.1) is 6.92 Å². The van der Waals surface area contributed by atoms with Crippen LogP contribution in [-0.4, -0.2) is 35.1 Å². The van der Waals surface area contributed by atoms with Gasteiger partial charge in [-0.3, -0.25) is 4.79 Å². The van der Waals surface area contributed by atoms with Gasteiger partial charge in [0.05, 0.1) is 6.10 Å². The van der Waals surface area contributed by atoms with Crippen LogP contribution in [0.5, 0.6) is 0 Å². The third-order valence-electron chi connectivity index (χ3n) is 5.22. The zero-order valence-corrected chi connectivity index (χ0v) is 18.1. The van der Waals surface area contributed by atoms with Crippen molar-refractivity contribution in [3.63, 3.8) is 0 Å². The molecule has 0 radical (unpaired) electrons. The van der Waals surface area contributed by atoms with E-state index in [2.05, 4.69) is 66.5 Å². The van der Waals surface area contributed by atoms with Crippen LogP contribution in [0.25, 0.3) is 0 Å². The number of nitrogens with one attached hydrogen (secondary N) is 2. The largest absolute Gasteiger partial charge is 0.376 e. The molecule has 0 saturated carbocycles. The van der Waals surface area contributed by atoms with E-state index in [0.717, 1.165) is 36.3 Å². The van der Waals surface area contributed by atoms with Crippen LogP contribution >= 0.6 is 0 Å². The summed E-state index contributed by atoms with van der Waals surface area (Å²) in [4.78, 5) is 21.9. The van der Waals surface area contributed by atoms with Crippen LogP contribution in [0.1, 0.15) is 79.8 Å². The first-order valence-corrected chi connectivity index (χ1v) is 10.5. The molecule has 1 unspecified atom stereocenters. The minimum atomic E-state index is -0.217. The summed E-state index contributed by atoms with van der Waals surface area (Å²) in [6.45, 7) is 11.8. The lowest BCUT2D eigenvalue weighted by molar-refractivity contribution is 0.102. The molecule has 29 heavy (non-hydrogen) atoms. The van der Waals surface area contributed by atoms with Gasteiger partial charge in [-0.15, -0.1) is 0 Å². The summed E-state index contributed by atoms with van der Waals surface area (Å²) in [7, 11) is 0. The zero-order valence-electron chi connectivity index (χ0n) is 18.1. The molecule has 2 heterocycles. The molecule has 0 bridgehead atoms. The molecule has 1 amide bonds. The SMILES string of the molecule is Cc1nc(NCC2CCCO2)cc(C(=O)Nc2c(C(C)C)cccc2C(C)C)n1. The molecule has 1 aliphatic heterocycles. The Bertz CT molecular complexity index is 832. The Labute approximate surface area is 173 Å². The van der Waals surface area contributed by atoms with E-state index in [-0.39, 0.29) is 12.0 Å². The van der Waals surface area contributed by atoms with Crippen LogP contribution in [0.2, 0.25) is 0 Å². The third kappa shape index (κ3) is 5.32. The lowest BCUT2D eigenvalue weighted by Gasteiger charge is -2.20. The molecule has 1 aromatic heterocycles. The minimum Gasteiger partial charge on any atom is -0.376 e. The molecule has 3 rings (SSSR count). The second-order valence-electron chi connectivity index (χ2n) is 8.28. The van der Waals surface area contributed by atoms with Gasteiger partial charge in [-0.2, -0.15) is 0 Å². The number of benzene rings is 1. The van der Waals surface area contributed by atoms with Crippen LogP contribution in [0.4, 0.5) is 11.5 Å². The maximum Gasteiger partial charge on any atom is 0.274 e. The van der Waals surface area contributed by atoms with Gasteiger partial charge in [0, 0.05) is 24.9 Å². The third-order valence-corrected chi connectivity index (χ3v) is 5.22. The van der Waals surface area contributed by atoms with Gasteiger partial charge in [0.2, 0.25) is 0 Å². The van der Waals surface area contributed by atoms with E-state index >= 15 is 0 Å². The number of nitrogens with zero attached hydrogens (tertiary/aromatic N) is 2. The fraction of sp³-hybridized carbons (Fsp3) is 0.522. The van der Waals surface area contributed by atoms with Crippen molar-refractivity contribution in [2.45, 2.75) is 65.4 Å². The molecule has 2 aromatic rings. The summed E-state index contributed by atoms with van der Waals surface area (Å²) >= 11 is 0. The number of hydrogen-bond donors (Lipinski definition) is 2. The number of carbonyl (C=O) groups is 1. The highest BCUT2D eigenvalue weighted by Crippen LogP contribution is 2.32. The fourth-order valence-electron chi connectivity index (χ4n) is 3.67. The molecule has 1 fully saturated rings. The van der Waals surface area contributed by atoms with E-state index in [9.17, 15) is 4.79 Å². The van der Waals surface area contributed by atoms with Gasteiger partial charge in [0.1, 0.15) is 17.3 Å². The van der Waals surface area contributed by atoms with Gasteiger partial charge in [-0.25, -0.2) is 9.97 Å². The van der Waals surface area contributed by atoms with Crippen LogP contribution < -0.4 is 10.6 Å². The summed E-state index contributed by atoms with van der Waals surface area (Å²) < 4.78 is 5.65. The molecule has 6 nitrogen and oxygen atoms in total. The van der Waals surface area contributed by atoms with Crippen molar-refractivity contribution < 1.29 is 9.53 Å². The van der Waals surface area contributed by atoms with Crippen molar-refractivity contribution >= 4 is 17.4 Å². The molecule has 1 saturated heterocycles. The molecule has 156 valence electrons. The minimum absolute atomic E-state index is 0.203. The number of rotatable bonds is 7. The van der Waals surface area contributed by atoms with E-state index in [0.29, 0.717) is 35.7 Å². The Balaban J connectivity index is 1.82. The average Bonchev–Trinajstić information content (AvgIpc) is 3.19. The van der Waals surface area contributed by atoms with E-state index in [4.69, 9.17) is 4.74 Å². The number of amides is 1. The van der Waals surface area contributed by atoms with Crippen LogP contribution in [-0.2, 0) is 4.74 Å². The second-order valence-corrected chi connectivity index (χ2v) is 8.28. The summed E-state index contributed by atoms with van der Waals surface area (Å²) in [6, 6.07) is 7.92. The zero-order chi connectivity index (χ0) is 21.0. The van der Waals surface area contributed by atoms with Gasteiger partial charge >= 0.3 is 0 Å². The Morgan fingerprint density at radius 1 is 1.17 bits per heavy atom. The molecule has 6 heteroatoms. The van der Waals surface area contributed by atoms with Gasteiger partial charge in [-0.1, -0.05) is 45.9 Å². The predicted molar refractivity (Wildman–Crippen MR) is 117 cm³/mol. The Morgan fingerprint density at radius 2 is 1.86 bits per heavy atom. The Morgan fingerprint density at radius 3 is 2.45 bits per heavy atom. The van der Waals surface area contributed by atoms with Crippen molar-refractivity contribution in [3.05, 3.63) is 46.9 Å². The summed E-state index contributed by atoms with van der Waals surface area (Å²) in [6.07, 6.45) is 2.35. The van der Waals surface area contributed by atoms with Crippen molar-refractivity contribution in [1.82, 2.24) is 9.97 Å².